The van der Waals surface area contributed by atoms with E-state index in [-0.39, 0.29) is 17.1 Å². The van der Waals surface area contributed by atoms with Crippen molar-refractivity contribution >= 4 is 28.1 Å². The van der Waals surface area contributed by atoms with Crippen molar-refractivity contribution in [3.05, 3.63) is 5.01 Å². The molecule has 0 saturated carbocycles. The van der Waals surface area contributed by atoms with E-state index in [1.807, 2.05) is 0 Å². The normalized spacial score (nSPS) is 13.8. The van der Waals surface area contributed by atoms with Crippen LogP contribution in [0.4, 0.5) is 18.3 Å². The van der Waals surface area contributed by atoms with E-state index in [0.717, 1.165) is 0 Å². The van der Waals surface area contributed by atoms with Crippen molar-refractivity contribution in [3.63, 3.8) is 0 Å². The second-order valence-corrected chi connectivity index (χ2v) is 4.44. The van der Waals surface area contributed by atoms with Crippen molar-refractivity contribution in [2.24, 2.45) is 0 Å². The maximum Gasteiger partial charge on any atom is 0.445 e. The predicted octanol–water partition coefficient (Wildman–Crippen LogP) is 2.22. The highest BCUT2D eigenvalue weighted by Gasteiger charge is 2.35. The third-order valence-electron chi connectivity index (χ3n) is 1.49. The maximum absolute atomic E-state index is 12.2. The molecule has 1 unspecified atom stereocenters. The van der Waals surface area contributed by atoms with E-state index in [9.17, 15) is 13.2 Å². The molecule has 0 spiro atoms. The van der Waals surface area contributed by atoms with Crippen LogP contribution in [0.15, 0.2) is 0 Å². The summed E-state index contributed by atoms with van der Waals surface area (Å²) in [7, 11) is 1.49. The Bertz CT molecular complexity index is 333. The van der Waals surface area contributed by atoms with Crippen LogP contribution in [-0.2, 0) is 10.9 Å². The fourth-order valence-corrected chi connectivity index (χ4v) is 1.67. The highest BCUT2D eigenvalue weighted by atomic mass is 35.5. The van der Waals surface area contributed by atoms with Crippen LogP contribution in [0.5, 0.6) is 0 Å². The Morgan fingerprint density at radius 3 is 2.69 bits per heavy atom. The van der Waals surface area contributed by atoms with Gasteiger partial charge in [-0.15, -0.1) is 21.8 Å². The second-order valence-electron chi connectivity index (χ2n) is 2.84. The molecule has 0 bridgehead atoms. The molecule has 1 aromatic rings. The van der Waals surface area contributed by atoms with Gasteiger partial charge >= 0.3 is 6.18 Å². The summed E-state index contributed by atoms with van der Waals surface area (Å²) in [5, 5.41) is 7.81. The Morgan fingerprint density at radius 1 is 1.50 bits per heavy atom. The van der Waals surface area contributed by atoms with Gasteiger partial charge in [0.15, 0.2) is 0 Å². The number of anilines is 1. The first kappa shape index (κ1) is 13.5. The van der Waals surface area contributed by atoms with Gasteiger partial charge in [-0.2, -0.15) is 13.2 Å². The summed E-state index contributed by atoms with van der Waals surface area (Å²) in [6.07, 6.45) is -4.45. The molecule has 0 saturated heterocycles. The lowest BCUT2D eigenvalue weighted by atomic mass is 10.4. The first-order valence-electron chi connectivity index (χ1n) is 4.21. The van der Waals surface area contributed by atoms with Gasteiger partial charge in [-0.05, 0) is 0 Å². The van der Waals surface area contributed by atoms with Gasteiger partial charge in [0.05, 0.1) is 12.0 Å². The number of methoxy groups -OCH3 is 1. The minimum atomic E-state index is -4.45. The van der Waals surface area contributed by atoms with Crippen LogP contribution >= 0.6 is 22.9 Å². The average molecular weight is 276 g/mol. The van der Waals surface area contributed by atoms with E-state index in [0.29, 0.717) is 17.9 Å². The molecule has 1 rings (SSSR count). The van der Waals surface area contributed by atoms with Crippen LogP contribution in [0.2, 0.25) is 0 Å². The molecule has 0 aliphatic rings. The molecule has 4 nitrogen and oxygen atoms in total. The van der Waals surface area contributed by atoms with Crippen LogP contribution in [0, 0.1) is 0 Å². The zero-order chi connectivity index (χ0) is 12.2. The standard InChI is InChI=1S/C7H9ClF3N3OS/c1-15-3-4(8)2-12-6-14-13-5(16-6)7(9,10)11/h4H,2-3H2,1H3,(H,12,14). The lowest BCUT2D eigenvalue weighted by Crippen LogP contribution is -2.18. The van der Waals surface area contributed by atoms with E-state index in [1.54, 1.807) is 0 Å². The summed E-state index contributed by atoms with van der Waals surface area (Å²) in [6.45, 7) is 0.571. The molecule has 1 heterocycles. The quantitative estimate of drug-likeness (QED) is 0.837. The van der Waals surface area contributed by atoms with E-state index >= 15 is 0 Å². The first-order chi connectivity index (χ1) is 7.43. The Morgan fingerprint density at radius 2 is 2.19 bits per heavy atom. The lowest BCUT2D eigenvalue weighted by Gasteiger charge is -2.07. The Kier molecular flexibility index (Phi) is 4.75. The van der Waals surface area contributed by atoms with Crippen molar-refractivity contribution < 1.29 is 17.9 Å². The Hall–Kier alpha value is -0.600. The van der Waals surface area contributed by atoms with Crippen LogP contribution < -0.4 is 5.32 Å². The topological polar surface area (TPSA) is 47.0 Å². The fourth-order valence-electron chi connectivity index (χ4n) is 0.847. The van der Waals surface area contributed by atoms with Gasteiger partial charge in [-0.3, -0.25) is 0 Å². The average Bonchev–Trinajstić information content (AvgIpc) is 2.63. The van der Waals surface area contributed by atoms with Crippen molar-refractivity contribution in [3.8, 4) is 0 Å². The van der Waals surface area contributed by atoms with Crippen molar-refractivity contribution in [1.29, 1.82) is 0 Å². The van der Waals surface area contributed by atoms with Gasteiger partial charge in [-0.1, -0.05) is 11.3 Å². The number of hydrogen-bond donors (Lipinski definition) is 1. The second kappa shape index (κ2) is 5.65. The number of nitrogens with zero attached hydrogens (tertiary/aromatic N) is 2. The minimum absolute atomic E-state index is 0.0917. The van der Waals surface area contributed by atoms with Crippen LogP contribution in [-0.4, -0.2) is 35.8 Å². The largest absolute Gasteiger partial charge is 0.445 e. The van der Waals surface area contributed by atoms with Gasteiger partial charge in [0.2, 0.25) is 10.1 Å². The molecule has 9 heteroatoms. The maximum atomic E-state index is 12.2. The molecule has 1 aromatic heterocycles. The molecule has 0 aliphatic carbocycles. The molecular weight excluding hydrogens is 267 g/mol. The number of ether oxygens (including phenoxy) is 1. The minimum Gasteiger partial charge on any atom is -0.383 e. The summed E-state index contributed by atoms with van der Waals surface area (Å²) in [4.78, 5) is 0. The molecule has 0 radical (unpaired) electrons. The third kappa shape index (κ3) is 4.11. The van der Waals surface area contributed by atoms with E-state index < -0.39 is 11.2 Å². The summed E-state index contributed by atoms with van der Waals surface area (Å²) < 4.78 is 41.2. The Balaban J connectivity index is 2.47. The predicted molar refractivity (Wildman–Crippen MR) is 54.9 cm³/mol. The summed E-state index contributed by atoms with van der Waals surface area (Å²) >= 11 is 6.22. The number of nitrogens with one attached hydrogen (secondary N) is 1. The molecule has 0 amide bonds. The summed E-state index contributed by atoms with van der Waals surface area (Å²) in [5.41, 5.74) is 0. The monoisotopic (exact) mass is 275 g/mol. The number of halogens is 4. The van der Waals surface area contributed by atoms with Gasteiger partial charge in [-0.25, -0.2) is 0 Å². The van der Waals surface area contributed by atoms with Gasteiger partial charge in [0.1, 0.15) is 0 Å². The summed E-state index contributed by atoms with van der Waals surface area (Å²) in [6, 6.07) is 0. The molecule has 0 aromatic carbocycles. The van der Waals surface area contributed by atoms with E-state index in [2.05, 4.69) is 15.5 Å². The Labute approximate surface area is 98.8 Å². The van der Waals surface area contributed by atoms with Gasteiger partial charge < -0.3 is 10.1 Å². The number of rotatable bonds is 5. The molecule has 1 N–H and O–H groups in total. The van der Waals surface area contributed by atoms with E-state index in [4.69, 9.17) is 16.3 Å². The molecule has 16 heavy (non-hydrogen) atoms. The van der Waals surface area contributed by atoms with Gasteiger partial charge in [0.25, 0.3) is 0 Å². The molecule has 92 valence electrons. The van der Waals surface area contributed by atoms with Crippen LogP contribution in [0.3, 0.4) is 0 Å². The van der Waals surface area contributed by atoms with Crippen molar-refractivity contribution in [2.45, 2.75) is 11.6 Å². The number of alkyl halides is 4. The number of aromatic nitrogens is 2. The lowest BCUT2D eigenvalue weighted by molar-refractivity contribution is -0.138. The summed E-state index contributed by atoms with van der Waals surface area (Å²) in [5.74, 6) is 0. The zero-order valence-corrected chi connectivity index (χ0v) is 9.79. The van der Waals surface area contributed by atoms with E-state index in [1.165, 1.54) is 7.11 Å². The zero-order valence-electron chi connectivity index (χ0n) is 8.21. The smallest absolute Gasteiger partial charge is 0.383 e. The highest BCUT2D eigenvalue weighted by molar-refractivity contribution is 7.15. The SMILES string of the molecule is COCC(Cl)CNc1nnc(C(F)(F)F)s1. The highest BCUT2D eigenvalue weighted by Crippen LogP contribution is 2.32. The van der Waals surface area contributed by atoms with Crippen LogP contribution in [0.25, 0.3) is 0 Å². The fraction of sp³-hybridized carbons (Fsp3) is 0.714. The van der Waals surface area contributed by atoms with Crippen LogP contribution in [0.1, 0.15) is 5.01 Å². The molecular formula is C7H9ClF3N3OS. The first-order valence-corrected chi connectivity index (χ1v) is 5.46. The molecule has 1 atom stereocenters. The van der Waals surface area contributed by atoms with Gasteiger partial charge in [0, 0.05) is 13.7 Å². The number of hydrogen-bond acceptors (Lipinski definition) is 5. The molecule has 0 aliphatic heterocycles. The molecule has 0 fully saturated rings. The van der Waals surface area contributed by atoms with Crippen molar-refractivity contribution in [2.75, 3.05) is 25.6 Å². The van der Waals surface area contributed by atoms with Crippen molar-refractivity contribution in [1.82, 2.24) is 10.2 Å². The third-order valence-corrected chi connectivity index (χ3v) is 2.70.